The van der Waals surface area contributed by atoms with Gasteiger partial charge in [-0.1, -0.05) is 13.0 Å². The maximum Gasteiger partial charge on any atom is 0.416 e. The van der Waals surface area contributed by atoms with Gasteiger partial charge < -0.3 is 11.2 Å². The number of alkyl halides is 3. The van der Waals surface area contributed by atoms with Gasteiger partial charge in [-0.05, 0) is 25.1 Å². The second-order valence-electron chi connectivity index (χ2n) is 4.85. The van der Waals surface area contributed by atoms with Crippen LogP contribution in [0.15, 0.2) is 24.3 Å². The molecule has 6 heteroatoms. The van der Waals surface area contributed by atoms with Crippen LogP contribution in [0.1, 0.15) is 18.9 Å². The molecule has 19 heavy (non-hydrogen) atoms. The van der Waals surface area contributed by atoms with Gasteiger partial charge >= 0.3 is 6.18 Å². The Bertz CT molecular complexity index is 328. The highest BCUT2D eigenvalue weighted by Gasteiger charge is 2.31. The smallest absolute Gasteiger partial charge is 0.412 e. The van der Waals surface area contributed by atoms with Crippen LogP contribution < -0.4 is 10.2 Å². The van der Waals surface area contributed by atoms with Gasteiger partial charge in [0, 0.05) is 6.07 Å². The Kier molecular flexibility index (Phi) is 8.66. The van der Waals surface area contributed by atoms with Crippen LogP contribution in [0.4, 0.5) is 18.9 Å². The average Bonchev–Trinajstić information content (AvgIpc) is 2.27. The molecular weight excluding hydrogens is 257 g/mol. The molecule has 0 atom stereocenters. The molecule has 1 aromatic rings. The number of nitrogens with two attached hydrogens (primary N) is 1. The van der Waals surface area contributed by atoms with Gasteiger partial charge in [0.1, 0.15) is 5.69 Å². The van der Waals surface area contributed by atoms with Gasteiger partial charge in [0.05, 0.1) is 26.7 Å². The van der Waals surface area contributed by atoms with E-state index in [0.29, 0.717) is 10.2 Å². The fourth-order valence-electron chi connectivity index (χ4n) is 1.10. The molecule has 0 saturated heterocycles. The van der Waals surface area contributed by atoms with Crippen LogP contribution in [0.25, 0.3) is 0 Å². The first-order valence-corrected chi connectivity index (χ1v) is 5.82. The highest BCUT2D eigenvalue weighted by molar-refractivity contribution is 5.44. The topological polar surface area (TPSA) is 57.5 Å². The van der Waals surface area contributed by atoms with Crippen molar-refractivity contribution in [2.45, 2.75) is 19.5 Å². The molecule has 0 unspecified atom stereocenters. The van der Waals surface area contributed by atoms with Crippen molar-refractivity contribution in [2.75, 3.05) is 27.7 Å². The lowest BCUT2D eigenvalue weighted by Gasteiger charge is -2.24. The minimum atomic E-state index is -4.26. The minimum Gasteiger partial charge on any atom is -0.412 e. The third kappa shape index (κ3) is 7.81. The number of nitrogens with zero attached hydrogens (tertiary/aromatic N) is 1. The average molecular weight is 281 g/mol. The van der Waals surface area contributed by atoms with Crippen molar-refractivity contribution in [3.63, 3.8) is 0 Å². The molecule has 3 nitrogen and oxygen atoms in total. The highest BCUT2D eigenvalue weighted by Crippen LogP contribution is 2.32. The van der Waals surface area contributed by atoms with Gasteiger partial charge in [-0.15, -0.1) is 0 Å². The first kappa shape index (κ1) is 20.2. The van der Waals surface area contributed by atoms with Crippen molar-refractivity contribution in [3.8, 4) is 0 Å². The second-order valence-corrected chi connectivity index (χ2v) is 4.85. The Morgan fingerprint density at radius 3 is 1.95 bits per heavy atom. The van der Waals surface area contributed by atoms with E-state index in [1.165, 1.54) is 12.1 Å². The lowest BCUT2D eigenvalue weighted by molar-refractivity contribution is -0.137. The van der Waals surface area contributed by atoms with E-state index in [9.17, 15) is 13.2 Å². The lowest BCUT2D eigenvalue weighted by Crippen LogP contribution is -2.34. The summed E-state index contributed by atoms with van der Waals surface area (Å²) in [7, 11) is 5.49. The van der Waals surface area contributed by atoms with E-state index in [1.54, 1.807) is 6.07 Å². The normalized spacial score (nSPS) is 11.2. The monoisotopic (exact) mass is 281 g/mol. The van der Waals surface area contributed by atoms with E-state index in [0.717, 1.165) is 19.0 Å². The van der Waals surface area contributed by atoms with Crippen molar-refractivity contribution in [1.29, 1.82) is 0 Å². The number of rotatable bonds is 2. The minimum absolute atomic E-state index is 0. The zero-order valence-corrected chi connectivity index (χ0v) is 11.9. The van der Waals surface area contributed by atoms with Crippen LogP contribution in [0.3, 0.4) is 0 Å². The number of hydrogen-bond donors (Lipinski definition) is 1. The third-order valence-corrected chi connectivity index (χ3v) is 2.24. The Balaban J connectivity index is 0. The second kappa shape index (κ2) is 8.14. The quantitative estimate of drug-likeness (QED) is 0.832. The molecule has 0 aliphatic rings. The molecule has 0 fully saturated rings. The van der Waals surface area contributed by atoms with Crippen LogP contribution in [0, 0.1) is 0 Å². The molecule has 0 saturated carbocycles. The van der Waals surface area contributed by atoms with Crippen molar-refractivity contribution in [1.82, 2.24) is 4.48 Å². The zero-order chi connectivity index (χ0) is 14.4. The molecule has 0 spiro atoms. The number of hydrogen-bond acceptors (Lipinski definition) is 1. The Labute approximate surface area is 112 Å². The van der Waals surface area contributed by atoms with Gasteiger partial charge in [0.15, 0.2) is 0 Å². The Hall–Kier alpha value is -1.11. The summed E-state index contributed by atoms with van der Waals surface area (Å²) in [5, 5.41) is 0. The van der Waals surface area contributed by atoms with Gasteiger partial charge in [0.2, 0.25) is 0 Å². The maximum atomic E-state index is 12.3. The predicted octanol–water partition coefficient (Wildman–Crippen LogP) is 2.43. The SMILES string of the molecule is CCCN.C[N+](C)(C)c1cccc(C(F)(F)F)c1.O. The van der Waals surface area contributed by atoms with Crippen LogP contribution in [0.2, 0.25) is 0 Å². The standard InChI is InChI=1S/C10H13F3N.C3H9N.H2O/c1-14(2,3)9-6-4-5-8(7-9)10(11,12)13;1-2-3-4;/h4-7H,1-3H3;2-4H2,1H3;1H2/q+1;;. The molecule has 1 aromatic carbocycles. The van der Waals surface area contributed by atoms with E-state index in [1.807, 2.05) is 21.1 Å². The molecule has 0 aliphatic heterocycles. The summed E-state index contributed by atoms with van der Waals surface area (Å²) in [5.74, 6) is 0. The number of quaternary nitrogens is 1. The van der Waals surface area contributed by atoms with Crippen molar-refractivity contribution in [3.05, 3.63) is 29.8 Å². The van der Waals surface area contributed by atoms with Gasteiger partial charge in [-0.2, -0.15) is 13.2 Å². The molecule has 0 aliphatic carbocycles. The summed E-state index contributed by atoms with van der Waals surface area (Å²) < 4.78 is 37.4. The maximum absolute atomic E-state index is 12.3. The van der Waals surface area contributed by atoms with Gasteiger partial charge in [-0.3, -0.25) is 4.48 Å². The van der Waals surface area contributed by atoms with E-state index in [4.69, 9.17) is 5.73 Å². The van der Waals surface area contributed by atoms with E-state index >= 15 is 0 Å². The zero-order valence-electron chi connectivity index (χ0n) is 11.9. The van der Waals surface area contributed by atoms with E-state index in [2.05, 4.69) is 6.92 Å². The molecule has 0 bridgehead atoms. The lowest BCUT2D eigenvalue weighted by atomic mass is 10.2. The summed E-state index contributed by atoms with van der Waals surface area (Å²) in [6.45, 7) is 2.88. The number of halogens is 3. The van der Waals surface area contributed by atoms with Crippen LogP contribution >= 0.6 is 0 Å². The fourth-order valence-corrected chi connectivity index (χ4v) is 1.10. The van der Waals surface area contributed by atoms with Gasteiger partial charge in [-0.25, -0.2) is 0 Å². The summed E-state index contributed by atoms with van der Waals surface area (Å²) in [5.41, 5.74) is 5.07. The van der Waals surface area contributed by atoms with Crippen molar-refractivity contribution < 1.29 is 18.6 Å². The van der Waals surface area contributed by atoms with E-state index < -0.39 is 11.7 Å². The highest BCUT2D eigenvalue weighted by atomic mass is 19.4. The Morgan fingerprint density at radius 2 is 1.63 bits per heavy atom. The third-order valence-electron chi connectivity index (χ3n) is 2.24. The van der Waals surface area contributed by atoms with Gasteiger partial charge in [0.25, 0.3) is 0 Å². The van der Waals surface area contributed by atoms with Crippen LogP contribution in [-0.2, 0) is 6.18 Å². The first-order valence-electron chi connectivity index (χ1n) is 5.82. The number of benzene rings is 1. The largest absolute Gasteiger partial charge is 0.416 e. The van der Waals surface area contributed by atoms with Crippen LogP contribution in [-0.4, -0.2) is 33.2 Å². The van der Waals surface area contributed by atoms with Crippen LogP contribution in [0.5, 0.6) is 0 Å². The van der Waals surface area contributed by atoms with Crippen molar-refractivity contribution in [2.24, 2.45) is 5.73 Å². The summed E-state index contributed by atoms with van der Waals surface area (Å²) in [6.07, 6.45) is -3.16. The molecule has 112 valence electrons. The van der Waals surface area contributed by atoms with E-state index in [-0.39, 0.29) is 5.48 Å². The molecule has 0 amide bonds. The summed E-state index contributed by atoms with van der Waals surface area (Å²) in [6, 6.07) is 5.38. The molecule has 0 aromatic heterocycles. The first-order chi connectivity index (χ1) is 8.12. The Morgan fingerprint density at radius 1 is 1.16 bits per heavy atom. The summed E-state index contributed by atoms with van der Waals surface area (Å²) >= 11 is 0. The van der Waals surface area contributed by atoms with Crippen molar-refractivity contribution >= 4 is 5.69 Å². The molecule has 1 rings (SSSR count). The summed E-state index contributed by atoms with van der Waals surface area (Å²) in [4.78, 5) is 0. The molecule has 4 N–H and O–H groups in total. The molecular formula is C13H24F3N2O+. The molecule has 0 radical (unpaired) electrons. The predicted molar refractivity (Wildman–Crippen MR) is 74.0 cm³/mol. The molecule has 0 heterocycles. The fraction of sp³-hybridized carbons (Fsp3) is 0.538.